The van der Waals surface area contributed by atoms with Gasteiger partial charge < -0.3 is 15.3 Å². The first-order valence-corrected chi connectivity index (χ1v) is 14.6. The third-order valence-electron chi connectivity index (χ3n) is 5.75. The standard InChI is InChI=1S/C25H17N7O9S2/c33-22-17-4-2-1-3-16(17)18(23-26-24(34)28-25(35)27-23)12-20(22)32-31-19-10-7-14(11-21(19)43(39,40)41)30-29-13-5-8-15(9-6-13)42(36,37)38/h1-12,33H,(H,36,37,38)(H,39,40,41)(H2,26,27,28,34,35)/b30-29+,32-31+. The van der Waals surface area contributed by atoms with Crippen LogP contribution in [0.15, 0.2) is 103 Å². The molecule has 0 amide bonds. The first-order chi connectivity index (χ1) is 20.3. The van der Waals surface area contributed by atoms with Crippen molar-refractivity contribution in [1.29, 1.82) is 0 Å². The van der Waals surface area contributed by atoms with Crippen molar-refractivity contribution in [3.05, 3.63) is 72.8 Å². The summed E-state index contributed by atoms with van der Waals surface area (Å²) in [7, 11) is -9.27. The van der Waals surface area contributed by atoms with Crippen molar-refractivity contribution in [2.24, 2.45) is 20.5 Å². The minimum atomic E-state index is -4.87. The van der Waals surface area contributed by atoms with E-state index >= 15 is 0 Å². The molecule has 0 aliphatic rings. The van der Waals surface area contributed by atoms with Crippen LogP contribution in [0.4, 0.5) is 22.7 Å². The fourth-order valence-corrected chi connectivity index (χ4v) is 4.97. The SMILES string of the molecule is O=S(=O)(O)c1ccc(/N=N/c2ccc(/N=N/c3cc(-c4nc(O)nc(O)n4)c4ccccc4c3O)c(S(=O)(=O)O)c2)cc1. The van der Waals surface area contributed by atoms with Gasteiger partial charge in [-0.05, 0) is 53.9 Å². The molecule has 0 aliphatic carbocycles. The Bertz CT molecular complexity index is 2150. The van der Waals surface area contributed by atoms with Gasteiger partial charge in [0.1, 0.15) is 16.3 Å². The fourth-order valence-electron chi connectivity index (χ4n) is 3.84. The number of aromatic hydroxyl groups is 3. The van der Waals surface area contributed by atoms with Crippen LogP contribution in [0.3, 0.4) is 0 Å². The van der Waals surface area contributed by atoms with Crippen LogP contribution < -0.4 is 0 Å². The van der Waals surface area contributed by atoms with Gasteiger partial charge in [0.25, 0.3) is 20.2 Å². The average Bonchev–Trinajstić information content (AvgIpc) is 2.95. The highest BCUT2D eigenvalue weighted by molar-refractivity contribution is 7.86. The zero-order valence-corrected chi connectivity index (χ0v) is 22.9. The van der Waals surface area contributed by atoms with Crippen molar-refractivity contribution in [2.75, 3.05) is 0 Å². The smallest absolute Gasteiger partial charge is 0.320 e. The molecule has 218 valence electrons. The summed E-state index contributed by atoms with van der Waals surface area (Å²) in [6, 6.07) is 14.4. The monoisotopic (exact) mass is 623 g/mol. The maximum absolute atomic E-state index is 12.1. The van der Waals surface area contributed by atoms with E-state index in [0.717, 1.165) is 18.2 Å². The molecule has 0 radical (unpaired) electrons. The topological polar surface area (TPSA) is 258 Å². The second-order valence-electron chi connectivity index (χ2n) is 8.59. The molecule has 16 nitrogen and oxygen atoms in total. The largest absolute Gasteiger partial charge is 0.505 e. The minimum Gasteiger partial charge on any atom is -0.505 e. The Hall–Kier alpha value is -5.43. The predicted molar refractivity (Wildman–Crippen MR) is 149 cm³/mol. The van der Waals surface area contributed by atoms with Crippen LogP contribution in [0.5, 0.6) is 17.8 Å². The lowest BCUT2D eigenvalue weighted by Gasteiger charge is -2.10. The molecule has 18 heteroatoms. The number of phenols is 1. The van der Waals surface area contributed by atoms with Gasteiger partial charge in [0, 0.05) is 10.9 Å². The van der Waals surface area contributed by atoms with E-state index in [1.54, 1.807) is 24.3 Å². The molecule has 5 N–H and O–H groups in total. The van der Waals surface area contributed by atoms with Crippen LogP contribution in [0.2, 0.25) is 0 Å². The van der Waals surface area contributed by atoms with Crippen molar-refractivity contribution in [2.45, 2.75) is 9.79 Å². The van der Waals surface area contributed by atoms with E-state index < -0.39 is 37.2 Å². The van der Waals surface area contributed by atoms with E-state index in [-0.39, 0.29) is 50.2 Å². The Morgan fingerprint density at radius 2 is 1.16 bits per heavy atom. The predicted octanol–water partition coefficient (Wildman–Crippen LogP) is 5.13. The van der Waals surface area contributed by atoms with Gasteiger partial charge in [-0.3, -0.25) is 9.11 Å². The third kappa shape index (κ3) is 6.41. The Morgan fingerprint density at radius 1 is 0.581 bits per heavy atom. The molecule has 0 fully saturated rings. The lowest BCUT2D eigenvalue weighted by atomic mass is 10.0. The molecule has 43 heavy (non-hydrogen) atoms. The number of aromatic nitrogens is 3. The first-order valence-electron chi connectivity index (χ1n) is 11.7. The van der Waals surface area contributed by atoms with E-state index in [0.29, 0.717) is 5.39 Å². The fraction of sp³-hybridized carbons (Fsp3) is 0. The van der Waals surface area contributed by atoms with E-state index in [1.807, 2.05) is 0 Å². The molecular weight excluding hydrogens is 606 g/mol. The van der Waals surface area contributed by atoms with Crippen molar-refractivity contribution in [1.82, 2.24) is 15.0 Å². The number of hydrogen-bond donors (Lipinski definition) is 5. The zero-order chi connectivity index (χ0) is 30.9. The van der Waals surface area contributed by atoms with Gasteiger partial charge >= 0.3 is 12.0 Å². The number of hydrogen-bond acceptors (Lipinski definition) is 14. The van der Waals surface area contributed by atoms with Gasteiger partial charge in [0.05, 0.1) is 16.3 Å². The van der Waals surface area contributed by atoms with Gasteiger partial charge in [0.15, 0.2) is 11.6 Å². The van der Waals surface area contributed by atoms with Crippen molar-refractivity contribution in [3.8, 4) is 29.2 Å². The van der Waals surface area contributed by atoms with Crippen molar-refractivity contribution >= 4 is 53.8 Å². The number of azo groups is 2. The third-order valence-corrected chi connectivity index (χ3v) is 7.50. The van der Waals surface area contributed by atoms with Crippen molar-refractivity contribution < 1.29 is 41.3 Å². The molecule has 0 aliphatic heterocycles. The average molecular weight is 624 g/mol. The molecule has 4 aromatic carbocycles. The Labute approximate surface area is 241 Å². The summed E-state index contributed by atoms with van der Waals surface area (Å²) in [6.45, 7) is 0. The summed E-state index contributed by atoms with van der Waals surface area (Å²) < 4.78 is 65.5. The molecule has 1 heterocycles. The summed E-state index contributed by atoms with van der Waals surface area (Å²) in [5.74, 6) is -0.497. The van der Waals surface area contributed by atoms with E-state index in [2.05, 4.69) is 35.4 Å². The molecule has 0 unspecified atom stereocenters. The Balaban J connectivity index is 1.54. The van der Waals surface area contributed by atoms with Gasteiger partial charge in [-0.15, -0.1) is 15.2 Å². The molecular formula is C25H17N7O9S2. The minimum absolute atomic E-state index is 0.0317. The highest BCUT2D eigenvalue weighted by Gasteiger charge is 2.19. The second kappa shape index (κ2) is 11.1. The van der Waals surface area contributed by atoms with Gasteiger partial charge in [-0.25, -0.2) is 0 Å². The maximum atomic E-state index is 12.1. The van der Waals surface area contributed by atoms with Crippen LogP contribution in [0.1, 0.15) is 0 Å². The quantitative estimate of drug-likeness (QED) is 0.117. The van der Waals surface area contributed by atoms with Gasteiger partial charge in [0.2, 0.25) is 0 Å². The molecule has 0 saturated carbocycles. The van der Waals surface area contributed by atoms with E-state index in [9.17, 15) is 36.7 Å². The maximum Gasteiger partial charge on any atom is 0.320 e. The highest BCUT2D eigenvalue weighted by Crippen LogP contribution is 2.42. The summed E-state index contributed by atoms with van der Waals surface area (Å²) in [4.78, 5) is 9.87. The number of nitrogens with zero attached hydrogens (tertiary/aromatic N) is 7. The zero-order valence-electron chi connectivity index (χ0n) is 21.2. The van der Waals surface area contributed by atoms with Crippen LogP contribution in [-0.4, -0.2) is 56.2 Å². The van der Waals surface area contributed by atoms with Crippen LogP contribution in [-0.2, 0) is 20.2 Å². The van der Waals surface area contributed by atoms with Crippen molar-refractivity contribution in [3.63, 3.8) is 0 Å². The Kier molecular flexibility index (Phi) is 7.50. The number of benzene rings is 4. The van der Waals surface area contributed by atoms with Gasteiger partial charge in [-0.2, -0.15) is 37.0 Å². The highest BCUT2D eigenvalue weighted by atomic mass is 32.2. The van der Waals surface area contributed by atoms with Crippen LogP contribution in [0, 0.1) is 0 Å². The lowest BCUT2D eigenvalue weighted by molar-refractivity contribution is 0.383. The lowest BCUT2D eigenvalue weighted by Crippen LogP contribution is -1.98. The first kappa shape index (κ1) is 29.1. The van der Waals surface area contributed by atoms with E-state index in [1.165, 1.54) is 30.3 Å². The summed E-state index contributed by atoms with van der Waals surface area (Å²) in [5, 5.41) is 46.6. The van der Waals surface area contributed by atoms with Crippen LogP contribution in [0.25, 0.3) is 22.2 Å². The molecule has 0 atom stereocenters. The summed E-state index contributed by atoms with van der Waals surface area (Å²) in [5.41, 5.74) is -0.150. The molecule has 0 saturated heterocycles. The number of phenolic OH excluding ortho intramolecular Hbond substituents is 1. The molecule has 1 aromatic heterocycles. The second-order valence-corrected chi connectivity index (χ2v) is 11.4. The molecule has 5 aromatic rings. The van der Waals surface area contributed by atoms with E-state index in [4.69, 9.17) is 4.55 Å². The molecule has 0 bridgehead atoms. The normalized spacial score (nSPS) is 12.4. The van der Waals surface area contributed by atoms with Crippen LogP contribution >= 0.6 is 0 Å². The van der Waals surface area contributed by atoms with Gasteiger partial charge in [-0.1, -0.05) is 24.3 Å². The number of rotatable bonds is 7. The number of fused-ring (bicyclic) bond motifs is 1. The summed E-state index contributed by atoms with van der Waals surface area (Å²) >= 11 is 0. The Morgan fingerprint density at radius 3 is 1.79 bits per heavy atom. The molecule has 0 spiro atoms. The summed E-state index contributed by atoms with van der Waals surface area (Å²) in [6.07, 6.45) is 0. The molecule has 5 rings (SSSR count).